The Kier molecular flexibility index (Phi) is 17.4. The molecule has 0 aromatic carbocycles. The molecule has 0 heterocycles. The van der Waals surface area contributed by atoms with Crippen LogP contribution in [0, 0.1) is 59.2 Å². The van der Waals surface area contributed by atoms with Crippen LogP contribution in [0.5, 0.6) is 0 Å². The number of nitrogens with one attached hydrogen (secondary N) is 1. The molecule has 1 amide bonds. The van der Waals surface area contributed by atoms with Crippen molar-refractivity contribution in [1.29, 1.82) is 0 Å². The monoisotopic (exact) mass is 514 g/mol. The molecule has 6 nitrogen and oxygen atoms in total. The molecule has 10 atom stereocenters. The molecule has 36 heavy (non-hydrogen) atoms. The summed E-state index contributed by atoms with van der Waals surface area (Å²) in [6.45, 7) is 22.2. The van der Waals surface area contributed by atoms with Crippen molar-refractivity contribution < 1.29 is 20.1 Å². The second-order valence-electron chi connectivity index (χ2n) is 12.9. The van der Waals surface area contributed by atoms with Gasteiger partial charge in [-0.3, -0.25) is 4.79 Å². The van der Waals surface area contributed by atoms with Crippen molar-refractivity contribution in [3.05, 3.63) is 0 Å². The van der Waals surface area contributed by atoms with E-state index < -0.39 is 6.04 Å². The fraction of sp³-hybridized carbons (Fsp3) is 0.967. The summed E-state index contributed by atoms with van der Waals surface area (Å²) in [4.78, 5) is 12.5. The summed E-state index contributed by atoms with van der Waals surface area (Å²) in [6, 6.07) is -0.877. The van der Waals surface area contributed by atoms with Crippen LogP contribution in [0.3, 0.4) is 0 Å². The van der Waals surface area contributed by atoms with Crippen LogP contribution in [0.2, 0.25) is 0 Å². The molecule has 0 aliphatic rings. The third kappa shape index (κ3) is 11.8. The fourth-order valence-electron chi connectivity index (χ4n) is 5.71. The molecule has 6 heteroatoms. The predicted molar refractivity (Wildman–Crippen MR) is 151 cm³/mol. The zero-order chi connectivity index (χ0) is 28.2. The summed E-state index contributed by atoms with van der Waals surface area (Å²) in [5, 5.41) is 32.8. The van der Waals surface area contributed by atoms with Gasteiger partial charge in [0.2, 0.25) is 5.91 Å². The topological polar surface area (TPSA) is 116 Å². The molecule has 0 fully saturated rings. The average molecular weight is 515 g/mol. The summed E-state index contributed by atoms with van der Waals surface area (Å²) in [6.07, 6.45) is 3.66. The normalized spacial score (nSPS) is 20.8. The highest BCUT2D eigenvalue weighted by molar-refractivity contribution is 5.82. The highest BCUT2D eigenvalue weighted by atomic mass is 16.3. The number of nitrogens with two attached hydrogens (primary N) is 1. The first-order valence-electron chi connectivity index (χ1n) is 14.6. The Morgan fingerprint density at radius 2 is 1.28 bits per heavy atom. The summed E-state index contributed by atoms with van der Waals surface area (Å²) >= 11 is 0. The van der Waals surface area contributed by atoms with E-state index in [0.29, 0.717) is 47.8 Å². The molecule has 6 N–H and O–H groups in total. The zero-order valence-electron chi connectivity index (χ0n) is 25.2. The quantitative estimate of drug-likeness (QED) is 0.171. The Balaban J connectivity index is 5.79. The Morgan fingerprint density at radius 1 is 0.694 bits per heavy atom. The van der Waals surface area contributed by atoms with Gasteiger partial charge in [0.15, 0.2) is 0 Å². The molecule has 0 bridgehead atoms. The highest BCUT2D eigenvalue weighted by Crippen LogP contribution is 2.43. The van der Waals surface area contributed by atoms with Gasteiger partial charge in [0.25, 0.3) is 0 Å². The molecule has 10 unspecified atom stereocenters. The molecule has 0 aromatic rings. The number of hydrogen-bond donors (Lipinski definition) is 5. The minimum atomic E-state index is -0.574. The van der Waals surface area contributed by atoms with Gasteiger partial charge >= 0.3 is 0 Å². The molecule has 0 aliphatic carbocycles. The molecule has 0 aliphatic heterocycles. The van der Waals surface area contributed by atoms with Crippen molar-refractivity contribution in [2.24, 2.45) is 64.9 Å². The Labute approximate surface area is 223 Å². The summed E-state index contributed by atoms with van der Waals surface area (Å²) in [5.41, 5.74) is 6.01. The number of carbonyl (C=O) groups is 1. The lowest BCUT2D eigenvalue weighted by Crippen LogP contribution is -2.49. The van der Waals surface area contributed by atoms with E-state index in [1.54, 1.807) is 0 Å². The van der Waals surface area contributed by atoms with Crippen molar-refractivity contribution in [3.63, 3.8) is 0 Å². The van der Waals surface area contributed by atoms with Crippen molar-refractivity contribution in [2.75, 3.05) is 19.8 Å². The van der Waals surface area contributed by atoms with Crippen LogP contribution in [-0.4, -0.2) is 53.1 Å². The molecule has 0 aromatic heterocycles. The van der Waals surface area contributed by atoms with E-state index in [0.717, 1.165) is 19.3 Å². The molecule has 0 rings (SSSR count). The summed E-state index contributed by atoms with van der Waals surface area (Å²) in [5.74, 6) is 3.42. The summed E-state index contributed by atoms with van der Waals surface area (Å²) < 4.78 is 0. The first kappa shape index (κ1) is 35.3. The molecular formula is C30H62N2O4. The van der Waals surface area contributed by atoms with E-state index in [9.17, 15) is 20.1 Å². The van der Waals surface area contributed by atoms with Crippen molar-refractivity contribution in [1.82, 2.24) is 5.32 Å². The maximum Gasteiger partial charge on any atom is 0.237 e. The third-order valence-corrected chi connectivity index (χ3v) is 9.10. The van der Waals surface area contributed by atoms with E-state index in [2.05, 4.69) is 60.7 Å². The standard InChI is InChI=1S/C30H62N2O4/c1-18(2)22(7)14-27(28(24(9)16-34)25(10)23(8)13-20(5)15-33)21(6)11-12-26(17-35)32-30(36)29(31)19(3)4/h18-29,33-35H,11-17,31H2,1-10H3,(H,32,36). The van der Waals surface area contributed by atoms with Crippen LogP contribution in [0.25, 0.3) is 0 Å². The highest BCUT2D eigenvalue weighted by Gasteiger charge is 2.38. The van der Waals surface area contributed by atoms with Gasteiger partial charge in [-0.1, -0.05) is 69.2 Å². The van der Waals surface area contributed by atoms with Gasteiger partial charge < -0.3 is 26.4 Å². The van der Waals surface area contributed by atoms with Gasteiger partial charge in [0, 0.05) is 13.2 Å². The number of aliphatic hydroxyl groups is 3. The van der Waals surface area contributed by atoms with E-state index >= 15 is 0 Å². The van der Waals surface area contributed by atoms with Crippen LogP contribution < -0.4 is 11.1 Å². The van der Waals surface area contributed by atoms with Gasteiger partial charge in [0.05, 0.1) is 18.7 Å². The average Bonchev–Trinajstić information content (AvgIpc) is 2.84. The van der Waals surface area contributed by atoms with E-state index in [-0.39, 0.29) is 49.5 Å². The maximum absolute atomic E-state index is 12.5. The Bertz CT molecular complexity index is 585. The number of amides is 1. The molecule has 0 saturated carbocycles. The smallest absolute Gasteiger partial charge is 0.237 e. The second kappa shape index (κ2) is 17.8. The molecular weight excluding hydrogens is 452 g/mol. The first-order valence-corrected chi connectivity index (χ1v) is 14.6. The molecule has 216 valence electrons. The van der Waals surface area contributed by atoms with Crippen molar-refractivity contribution in [2.45, 2.75) is 107 Å². The Morgan fingerprint density at radius 3 is 1.72 bits per heavy atom. The van der Waals surface area contributed by atoms with Gasteiger partial charge in [0.1, 0.15) is 0 Å². The number of rotatable bonds is 19. The van der Waals surface area contributed by atoms with Crippen molar-refractivity contribution >= 4 is 5.91 Å². The lowest BCUT2D eigenvalue weighted by molar-refractivity contribution is -0.124. The Hall–Kier alpha value is -0.690. The van der Waals surface area contributed by atoms with Crippen LogP contribution in [0.4, 0.5) is 0 Å². The number of aliphatic hydroxyl groups excluding tert-OH is 3. The molecule has 0 saturated heterocycles. The third-order valence-electron chi connectivity index (χ3n) is 9.10. The van der Waals surface area contributed by atoms with Crippen LogP contribution in [0.15, 0.2) is 0 Å². The lowest BCUT2D eigenvalue weighted by atomic mass is 9.62. The maximum atomic E-state index is 12.5. The minimum Gasteiger partial charge on any atom is -0.396 e. The van der Waals surface area contributed by atoms with Crippen molar-refractivity contribution in [3.8, 4) is 0 Å². The minimum absolute atomic E-state index is 0.0444. The molecule has 0 radical (unpaired) electrons. The number of hydrogen-bond acceptors (Lipinski definition) is 5. The van der Waals surface area contributed by atoms with Gasteiger partial charge in [-0.05, 0) is 84.9 Å². The van der Waals surface area contributed by atoms with E-state index in [1.165, 1.54) is 0 Å². The lowest BCUT2D eigenvalue weighted by Gasteiger charge is -2.43. The summed E-state index contributed by atoms with van der Waals surface area (Å²) in [7, 11) is 0. The van der Waals surface area contributed by atoms with Crippen LogP contribution >= 0.6 is 0 Å². The van der Waals surface area contributed by atoms with Crippen LogP contribution in [-0.2, 0) is 4.79 Å². The van der Waals surface area contributed by atoms with E-state index in [4.69, 9.17) is 5.73 Å². The van der Waals surface area contributed by atoms with Crippen LogP contribution in [0.1, 0.15) is 94.9 Å². The first-order chi connectivity index (χ1) is 16.7. The zero-order valence-corrected chi connectivity index (χ0v) is 25.2. The largest absolute Gasteiger partial charge is 0.396 e. The van der Waals surface area contributed by atoms with Gasteiger partial charge in [-0.25, -0.2) is 0 Å². The SMILES string of the molecule is CC(CO)CC(C)C(C)C(C(C)CO)C(CC(C)C(C)C)C(C)CCC(CO)NC(=O)C(N)C(C)C. The van der Waals surface area contributed by atoms with E-state index in [1.807, 2.05) is 13.8 Å². The fourth-order valence-corrected chi connectivity index (χ4v) is 5.71. The second-order valence-corrected chi connectivity index (χ2v) is 12.9. The molecule has 0 spiro atoms. The number of carbonyl (C=O) groups excluding carboxylic acids is 1. The van der Waals surface area contributed by atoms with Gasteiger partial charge in [-0.15, -0.1) is 0 Å². The predicted octanol–water partition coefficient (Wildman–Crippen LogP) is 4.70. The van der Waals surface area contributed by atoms with Gasteiger partial charge in [-0.2, -0.15) is 0 Å².